The van der Waals surface area contributed by atoms with Crippen LogP contribution in [0, 0.1) is 17.2 Å². The zero-order valence-electron chi connectivity index (χ0n) is 9.24. The first-order valence-corrected chi connectivity index (χ1v) is 6.58. The van der Waals surface area contributed by atoms with Crippen molar-refractivity contribution in [1.82, 2.24) is 4.90 Å². The maximum absolute atomic E-state index is 11.8. The third-order valence-electron chi connectivity index (χ3n) is 2.26. The van der Waals surface area contributed by atoms with Gasteiger partial charge >= 0.3 is 0 Å². The van der Waals surface area contributed by atoms with Crippen LogP contribution in [0.25, 0.3) is 0 Å². The molecule has 1 heterocycles. The lowest BCUT2D eigenvalue weighted by atomic mass is 10.1. The van der Waals surface area contributed by atoms with E-state index in [1.165, 1.54) is 0 Å². The highest BCUT2D eigenvalue weighted by atomic mass is 79.9. The first kappa shape index (κ1) is 13.2. The third-order valence-corrected chi connectivity index (χ3v) is 3.87. The van der Waals surface area contributed by atoms with E-state index in [9.17, 15) is 4.79 Å². The summed E-state index contributed by atoms with van der Waals surface area (Å²) in [6, 6.07) is 5.96. The number of hydrogen-bond acceptors (Lipinski definition) is 3. The van der Waals surface area contributed by atoms with Crippen LogP contribution in [-0.2, 0) is 11.3 Å². The van der Waals surface area contributed by atoms with Crippen molar-refractivity contribution in [3.8, 4) is 6.07 Å². The van der Waals surface area contributed by atoms with Gasteiger partial charge < -0.3 is 4.90 Å². The van der Waals surface area contributed by atoms with Crippen molar-refractivity contribution < 1.29 is 4.79 Å². The zero-order chi connectivity index (χ0) is 12.1. The lowest BCUT2D eigenvalue weighted by Gasteiger charge is -2.18. The van der Waals surface area contributed by atoms with E-state index < -0.39 is 5.92 Å². The minimum Gasteiger partial charge on any atom is -0.339 e. The zero-order valence-corrected chi connectivity index (χ0v) is 11.6. The Morgan fingerprint density at radius 1 is 1.69 bits per heavy atom. The fourth-order valence-corrected chi connectivity index (χ4v) is 2.87. The van der Waals surface area contributed by atoms with Crippen LogP contribution in [0.3, 0.4) is 0 Å². The number of hydrogen-bond donors (Lipinski definition) is 0. The van der Waals surface area contributed by atoms with Gasteiger partial charge in [-0.05, 0) is 34.5 Å². The molecule has 5 heteroatoms. The Labute approximate surface area is 108 Å². The largest absolute Gasteiger partial charge is 0.339 e. The third kappa shape index (κ3) is 3.32. The van der Waals surface area contributed by atoms with Crippen LogP contribution in [0.1, 0.15) is 18.2 Å². The lowest BCUT2D eigenvalue weighted by molar-refractivity contribution is -0.133. The molecule has 0 radical (unpaired) electrons. The second-order valence-corrected chi connectivity index (χ2v) is 6.04. The van der Waals surface area contributed by atoms with Gasteiger partial charge in [0.05, 0.1) is 16.4 Å². The van der Waals surface area contributed by atoms with Crippen LogP contribution < -0.4 is 0 Å². The molecule has 1 amide bonds. The van der Waals surface area contributed by atoms with E-state index in [2.05, 4.69) is 15.9 Å². The fourth-order valence-electron chi connectivity index (χ4n) is 1.34. The molecule has 0 saturated carbocycles. The van der Waals surface area contributed by atoms with E-state index >= 15 is 0 Å². The molecular weight excluding hydrogens is 288 g/mol. The molecule has 16 heavy (non-hydrogen) atoms. The SMILES string of the molecule is CCC(C#N)C(=O)N(C)Cc1ccc(Br)s1. The number of nitriles is 1. The van der Waals surface area contributed by atoms with Crippen molar-refractivity contribution in [2.24, 2.45) is 5.92 Å². The van der Waals surface area contributed by atoms with Crippen LogP contribution in [-0.4, -0.2) is 17.9 Å². The van der Waals surface area contributed by atoms with Gasteiger partial charge in [-0.15, -0.1) is 11.3 Å². The highest BCUT2D eigenvalue weighted by Crippen LogP contribution is 2.23. The Bertz CT molecular complexity index is 410. The molecule has 0 bridgehead atoms. The first-order chi connectivity index (χ1) is 7.58. The number of amides is 1. The van der Waals surface area contributed by atoms with Gasteiger partial charge in [0, 0.05) is 11.9 Å². The summed E-state index contributed by atoms with van der Waals surface area (Å²) in [5.74, 6) is -0.622. The van der Waals surface area contributed by atoms with Crippen LogP contribution in [0.5, 0.6) is 0 Å². The minimum atomic E-state index is -0.520. The van der Waals surface area contributed by atoms with E-state index in [0.717, 1.165) is 8.66 Å². The summed E-state index contributed by atoms with van der Waals surface area (Å²) in [6.45, 7) is 2.41. The number of nitrogens with zero attached hydrogens (tertiary/aromatic N) is 2. The molecule has 0 aromatic carbocycles. The van der Waals surface area contributed by atoms with Gasteiger partial charge in [0.1, 0.15) is 5.92 Å². The second-order valence-electron chi connectivity index (χ2n) is 3.49. The molecule has 1 aromatic rings. The standard InChI is InChI=1S/C11H13BrN2OS/c1-3-8(6-13)11(15)14(2)7-9-4-5-10(12)16-9/h4-5,8H,3,7H2,1-2H3. The van der Waals surface area contributed by atoms with Crippen LogP contribution in [0.2, 0.25) is 0 Å². The molecule has 1 atom stereocenters. The quantitative estimate of drug-likeness (QED) is 0.858. The topological polar surface area (TPSA) is 44.1 Å². The molecule has 0 fully saturated rings. The highest BCUT2D eigenvalue weighted by Gasteiger charge is 2.20. The summed E-state index contributed by atoms with van der Waals surface area (Å²) < 4.78 is 1.05. The van der Waals surface area contributed by atoms with Gasteiger partial charge in [-0.3, -0.25) is 4.79 Å². The molecule has 1 aromatic heterocycles. The Morgan fingerprint density at radius 2 is 2.38 bits per heavy atom. The van der Waals surface area contributed by atoms with Gasteiger partial charge in [-0.1, -0.05) is 6.92 Å². The Balaban J connectivity index is 2.62. The normalized spacial score (nSPS) is 11.9. The molecule has 0 N–H and O–H groups in total. The summed E-state index contributed by atoms with van der Waals surface area (Å²) >= 11 is 4.98. The molecule has 0 aliphatic rings. The molecule has 86 valence electrons. The summed E-state index contributed by atoms with van der Waals surface area (Å²) in [4.78, 5) is 14.5. The molecule has 3 nitrogen and oxygen atoms in total. The fraction of sp³-hybridized carbons (Fsp3) is 0.455. The van der Waals surface area contributed by atoms with Gasteiger partial charge in [0.15, 0.2) is 0 Å². The Hall–Kier alpha value is -0.860. The van der Waals surface area contributed by atoms with Crippen molar-refractivity contribution in [3.63, 3.8) is 0 Å². The lowest BCUT2D eigenvalue weighted by Crippen LogP contribution is -2.31. The predicted molar refractivity (Wildman–Crippen MR) is 67.9 cm³/mol. The van der Waals surface area contributed by atoms with Gasteiger partial charge in [0.25, 0.3) is 0 Å². The maximum Gasteiger partial charge on any atom is 0.239 e. The molecule has 0 aliphatic heterocycles. The summed E-state index contributed by atoms with van der Waals surface area (Å²) in [7, 11) is 1.73. The van der Waals surface area contributed by atoms with E-state index in [-0.39, 0.29) is 5.91 Å². The molecule has 1 unspecified atom stereocenters. The number of rotatable bonds is 4. The minimum absolute atomic E-state index is 0.102. The number of thiophene rings is 1. The van der Waals surface area contributed by atoms with Crippen molar-refractivity contribution in [2.75, 3.05) is 7.05 Å². The maximum atomic E-state index is 11.8. The van der Waals surface area contributed by atoms with Gasteiger partial charge in [0.2, 0.25) is 5.91 Å². The second kappa shape index (κ2) is 6.02. The van der Waals surface area contributed by atoms with Crippen molar-refractivity contribution >= 4 is 33.2 Å². The first-order valence-electron chi connectivity index (χ1n) is 4.97. The molecule has 0 spiro atoms. The van der Waals surface area contributed by atoms with E-state index in [0.29, 0.717) is 13.0 Å². The van der Waals surface area contributed by atoms with E-state index in [1.54, 1.807) is 23.3 Å². The van der Waals surface area contributed by atoms with Crippen LogP contribution >= 0.6 is 27.3 Å². The number of carbonyl (C=O) groups excluding carboxylic acids is 1. The van der Waals surface area contributed by atoms with Crippen molar-refractivity contribution in [2.45, 2.75) is 19.9 Å². The Morgan fingerprint density at radius 3 is 2.81 bits per heavy atom. The molecule has 1 rings (SSSR count). The Kier molecular flexibility index (Phi) is 4.97. The summed E-state index contributed by atoms with van der Waals surface area (Å²) in [5.41, 5.74) is 0. The summed E-state index contributed by atoms with van der Waals surface area (Å²) in [6.07, 6.45) is 0.563. The highest BCUT2D eigenvalue weighted by molar-refractivity contribution is 9.11. The number of carbonyl (C=O) groups is 1. The van der Waals surface area contributed by atoms with Gasteiger partial charge in [-0.2, -0.15) is 5.26 Å². The monoisotopic (exact) mass is 300 g/mol. The average Bonchev–Trinajstić information content (AvgIpc) is 2.65. The number of halogens is 1. The molecule has 0 saturated heterocycles. The van der Waals surface area contributed by atoms with Gasteiger partial charge in [-0.25, -0.2) is 0 Å². The van der Waals surface area contributed by atoms with Crippen LogP contribution in [0.15, 0.2) is 15.9 Å². The van der Waals surface area contributed by atoms with Crippen LogP contribution in [0.4, 0.5) is 0 Å². The predicted octanol–water partition coefficient (Wildman–Crippen LogP) is 3.02. The molecule has 0 aliphatic carbocycles. The summed E-state index contributed by atoms with van der Waals surface area (Å²) in [5, 5.41) is 8.81. The van der Waals surface area contributed by atoms with Crippen molar-refractivity contribution in [1.29, 1.82) is 5.26 Å². The van der Waals surface area contributed by atoms with Crippen molar-refractivity contribution in [3.05, 3.63) is 20.8 Å². The van der Waals surface area contributed by atoms with E-state index in [1.807, 2.05) is 25.1 Å². The molecular formula is C11H13BrN2OS. The smallest absolute Gasteiger partial charge is 0.239 e. The average molecular weight is 301 g/mol. The van der Waals surface area contributed by atoms with E-state index in [4.69, 9.17) is 5.26 Å².